The molecule has 0 fully saturated rings. The number of amides is 2. The summed E-state index contributed by atoms with van der Waals surface area (Å²) in [5, 5.41) is 10.5. The van der Waals surface area contributed by atoms with Crippen molar-refractivity contribution in [2.45, 2.75) is 6.92 Å². The Balaban J connectivity index is 1.73. The third-order valence-electron chi connectivity index (χ3n) is 3.54. The Morgan fingerprint density at radius 1 is 1.08 bits per heavy atom. The second-order valence-corrected chi connectivity index (χ2v) is 5.63. The zero-order valence-electron chi connectivity index (χ0n) is 13.5. The first kappa shape index (κ1) is 17.4. The minimum absolute atomic E-state index is 0.234. The SMILES string of the molecule is Cc1c(C(=O)NNC(=O)c2ccccc2Cl)cnn1-c1ccc(=O)[nH]n1. The van der Waals surface area contributed by atoms with Crippen LogP contribution in [0.2, 0.25) is 5.02 Å². The van der Waals surface area contributed by atoms with E-state index in [9.17, 15) is 14.4 Å². The van der Waals surface area contributed by atoms with Crippen molar-refractivity contribution in [3.63, 3.8) is 0 Å². The summed E-state index contributed by atoms with van der Waals surface area (Å²) in [5.74, 6) is -0.754. The number of hydrogen-bond acceptors (Lipinski definition) is 5. The van der Waals surface area contributed by atoms with Crippen molar-refractivity contribution in [3.8, 4) is 5.82 Å². The monoisotopic (exact) mass is 372 g/mol. The van der Waals surface area contributed by atoms with Crippen LogP contribution < -0.4 is 16.4 Å². The number of benzene rings is 1. The number of nitrogens with one attached hydrogen (secondary N) is 3. The molecule has 3 rings (SSSR count). The summed E-state index contributed by atoms with van der Waals surface area (Å²) < 4.78 is 1.39. The van der Waals surface area contributed by atoms with Crippen LogP contribution >= 0.6 is 11.6 Å². The molecule has 10 heteroatoms. The number of hydrogen-bond donors (Lipinski definition) is 3. The maximum atomic E-state index is 12.3. The average Bonchev–Trinajstić information content (AvgIpc) is 3.02. The van der Waals surface area contributed by atoms with Gasteiger partial charge in [0.15, 0.2) is 5.82 Å². The van der Waals surface area contributed by atoms with Gasteiger partial charge in [0.25, 0.3) is 17.4 Å². The van der Waals surface area contributed by atoms with Gasteiger partial charge in [-0.05, 0) is 25.1 Å². The lowest BCUT2D eigenvalue weighted by Crippen LogP contribution is -2.41. The standard InChI is InChI=1S/C16H13ClN6O3/c1-9-11(8-18-23(9)13-6-7-14(24)20-19-13)16(26)22-21-15(25)10-4-2-3-5-12(10)17/h2-8H,1H3,(H,20,24)(H,21,25)(H,22,26). The number of H-pyrrole nitrogens is 1. The Labute approximate surface area is 152 Å². The van der Waals surface area contributed by atoms with Crippen LogP contribution in [-0.4, -0.2) is 31.8 Å². The summed E-state index contributed by atoms with van der Waals surface area (Å²) in [6, 6.07) is 9.24. The first-order valence-electron chi connectivity index (χ1n) is 7.43. The molecule has 0 unspecified atom stereocenters. The molecule has 2 amide bonds. The van der Waals surface area contributed by atoms with Crippen LogP contribution in [0.15, 0.2) is 47.4 Å². The van der Waals surface area contributed by atoms with Gasteiger partial charge in [-0.1, -0.05) is 23.7 Å². The quantitative estimate of drug-likeness (QED) is 0.592. The van der Waals surface area contributed by atoms with Gasteiger partial charge < -0.3 is 0 Å². The van der Waals surface area contributed by atoms with Crippen LogP contribution in [-0.2, 0) is 0 Å². The molecule has 0 spiro atoms. The van der Waals surface area contributed by atoms with E-state index in [1.165, 1.54) is 29.1 Å². The van der Waals surface area contributed by atoms with E-state index in [-0.39, 0.29) is 21.7 Å². The predicted octanol–water partition coefficient (Wildman–Crippen LogP) is 0.992. The number of rotatable bonds is 3. The van der Waals surface area contributed by atoms with Crippen LogP contribution in [0.1, 0.15) is 26.4 Å². The van der Waals surface area contributed by atoms with Gasteiger partial charge in [0.2, 0.25) is 0 Å². The van der Waals surface area contributed by atoms with E-state index in [2.05, 4.69) is 26.1 Å². The van der Waals surface area contributed by atoms with Crippen LogP contribution in [0.25, 0.3) is 5.82 Å². The molecule has 0 bridgehead atoms. The molecule has 132 valence electrons. The number of halogens is 1. The van der Waals surface area contributed by atoms with Gasteiger partial charge in [0.05, 0.1) is 28.0 Å². The molecule has 3 N–H and O–H groups in total. The van der Waals surface area contributed by atoms with Gasteiger partial charge in [-0.15, -0.1) is 0 Å². The number of nitrogens with zero attached hydrogens (tertiary/aromatic N) is 3. The fourth-order valence-electron chi connectivity index (χ4n) is 2.21. The molecule has 0 atom stereocenters. The minimum Gasteiger partial charge on any atom is -0.268 e. The lowest BCUT2D eigenvalue weighted by Gasteiger charge is -2.08. The molecule has 3 aromatic rings. The van der Waals surface area contributed by atoms with Gasteiger partial charge >= 0.3 is 0 Å². The summed E-state index contributed by atoms with van der Waals surface area (Å²) in [7, 11) is 0. The zero-order chi connectivity index (χ0) is 18.7. The summed E-state index contributed by atoms with van der Waals surface area (Å²) in [6.45, 7) is 1.66. The fraction of sp³-hybridized carbons (Fsp3) is 0.0625. The molecule has 0 aliphatic heterocycles. The Morgan fingerprint density at radius 3 is 2.42 bits per heavy atom. The van der Waals surface area contributed by atoms with Gasteiger partial charge in [-0.2, -0.15) is 10.2 Å². The van der Waals surface area contributed by atoms with Crippen LogP contribution in [0.3, 0.4) is 0 Å². The molecule has 1 aromatic carbocycles. The second kappa shape index (κ2) is 7.19. The molecule has 26 heavy (non-hydrogen) atoms. The van der Waals surface area contributed by atoms with E-state index < -0.39 is 11.8 Å². The largest absolute Gasteiger partial charge is 0.273 e. The number of aromatic amines is 1. The van der Waals surface area contributed by atoms with Crippen molar-refractivity contribution >= 4 is 23.4 Å². The highest BCUT2D eigenvalue weighted by atomic mass is 35.5. The number of carbonyl (C=O) groups is 2. The van der Waals surface area contributed by atoms with Crippen LogP contribution in [0, 0.1) is 6.92 Å². The van der Waals surface area contributed by atoms with E-state index in [1.54, 1.807) is 25.1 Å². The Kier molecular flexibility index (Phi) is 4.81. The molecule has 2 aromatic heterocycles. The van der Waals surface area contributed by atoms with Crippen molar-refractivity contribution in [3.05, 3.63) is 74.8 Å². The predicted molar refractivity (Wildman–Crippen MR) is 93.1 cm³/mol. The zero-order valence-corrected chi connectivity index (χ0v) is 14.2. The van der Waals surface area contributed by atoms with E-state index in [1.807, 2.05) is 0 Å². The number of hydrazine groups is 1. The second-order valence-electron chi connectivity index (χ2n) is 5.22. The molecule has 0 saturated carbocycles. The Morgan fingerprint density at radius 2 is 1.77 bits per heavy atom. The van der Waals surface area contributed by atoms with E-state index in [4.69, 9.17) is 11.6 Å². The lowest BCUT2D eigenvalue weighted by atomic mass is 10.2. The molecule has 0 aliphatic carbocycles. The molecule has 0 radical (unpaired) electrons. The van der Waals surface area contributed by atoms with Gasteiger partial charge in [-0.25, -0.2) is 9.78 Å². The highest BCUT2D eigenvalue weighted by Gasteiger charge is 2.17. The molecule has 9 nitrogen and oxygen atoms in total. The number of carbonyl (C=O) groups excluding carboxylic acids is 2. The fourth-order valence-corrected chi connectivity index (χ4v) is 2.43. The summed E-state index contributed by atoms with van der Waals surface area (Å²) in [6.07, 6.45) is 1.33. The summed E-state index contributed by atoms with van der Waals surface area (Å²) in [4.78, 5) is 35.4. The third-order valence-corrected chi connectivity index (χ3v) is 3.87. The maximum absolute atomic E-state index is 12.3. The minimum atomic E-state index is -0.557. The van der Waals surface area contributed by atoms with E-state index in [0.29, 0.717) is 11.5 Å². The van der Waals surface area contributed by atoms with Crippen molar-refractivity contribution in [1.82, 2.24) is 30.8 Å². The van der Waals surface area contributed by atoms with Crippen LogP contribution in [0.5, 0.6) is 0 Å². The molecule has 2 heterocycles. The summed E-state index contributed by atoms with van der Waals surface area (Å²) in [5.41, 5.74) is 5.21. The van der Waals surface area contributed by atoms with E-state index in [0.717, 1.165) is 0 Å². The van der Waals surface area contributed by atoms with Gasteiger partial charge in [-0.3, -0.25) is 25.2 Å². The Bertz CT molecular complexity index is 1020. The Hall–Kier alpha value is -3.46. The topological polar surface area (TPSA) is 122 Å². The molecule has 0 saturated heterocycles. The van der Waals surface area contributed by atoms with Gasteiger partial charge in [0.1, 0.15) is 0 Å². The first-order chi connectivity index (χ1) is 12.5. The number of aromatic nitrogens is 4. The maximum Gasteiger partial charge on any atom is 0.273 e. The van der Waals surface area contributed by atoms with Crippen molar-refractivity contribution in [2.75, 3.05) is 0 Å². The normalized spacial score (nSPS) is 10.4. The van der Waals surface area contributed by atoms with Crippen LogP contribution in [0.4, 0.5) is 0 Å². The van der Waals surface area contributed by atoms with Crippen molar-refractivity contribution in [1.29, 1.82) is 0 Å². The van der Waals surface area contributed by atoms with Crippen molar-refractivity contribution in [2.24, 2.45) is 0 Å². The highest BCUT2D eigenvalue weighted by Crippen LogP contribution is 2.14. The highest BCUT2D eigenvalue weighted by molar-refractivity contribution is 6.33. The summed E-state index contributed by atoms with van der Waals surface area (Å²) >= 11 is 5.94. The molecular formula is C16H13ClN6O3. The molecule has 0 aliphatic rings. The smallest absolute Gasteiger partial charge is 0.268 e. The average molecular weight is 373 g/mol. The third kappa shape index (κ3) is 3.47. The van der Waals surface area contributed by atoms with Crippen molar-refractivity contribution < 1.29 is 9.59 Å². The van der Waals surface area contributed by atoms with E-state index >= 15 is 0 Å². The van der Waals surface area contributed by atoms with Gasteiger partial charge in [0, 0.05) is 6.07 Å². The lowest BCUT2D eigenvalue weighted by molar-refractivity contribution is 0.0846. The molecular weight excluding hydrogens is 360 g/mol. The first-order valence-corrected chi connectivity index (χ1v) is 7.81.